The van der Waals surface area contributed by atoms with Gasteiger partial charge in [-0.2, -0.15) is 0 Å². The molecular formula is C19H13NO6. The number of hydrogen-bond acceptors (Lipinski definition) is 6. The molecule has 0 aliphatic rings. The number of carbonyl (C=O) groups excluding carboxylic acids is 1. The first-order valence-corrected chi connectivity index (χ1v) is 7.61. The zero-order chi connectivity index (χ0) is 18.7. The van der Waals surface area contributed by atoms with Crippen LogP contribution in [0.15, 0.2) is 63.8 Å². The number of nitro benzene ring substituents is 1. The second-order valence-corrected chi connectivity index (χ2v) is 5.51. The van der Waals surface area contributed by atoms with Crippen molar-refractivity contribution in [1.82, 2.24) is 0 Å². The maximum atomic E-state index is 11.9. The minimum absolute atomic E-state index is 0.0299. The molecule has 0 N–H and O–H groups in total. The number of hydrogen-bond donors (Lipinski definition) is 0. The number of fused-ring (bicyclic) bond motifs is 1. The Labute approximate surface area is 147 Å². The number of ether oxygens (including phenoxy) is 1. The monoisotopic (exact) mass is 351 g/mol. The molecule has 0 atom stereocenters. The summed E-state index contributed by atoms with van der Waals surface area (Å²) >= 11 is 0. The molecule has 0 amide bonds. The van der Waals surface area contributed by atoms with Crippen LogP contribution in [0.3, 0.4) is 0 Å². The van der Waals surface area contributed by atoms with E-state index in [0.717, 1.165) is 10.9 Å². The van der Waals surface area contributed by atoms with E-state index in [9.17, 15) is 19.7 Å². The van der Waals surface area contributed by atoms with Gasteiger partial charge in [-0.25, -0.2) is 9.59 Å². The van der Waals surface area contributed by atoms with Crippen LogP contribution in [0, 0.1) is 17.0 Å². The lowest BCUT2D eigenvalue weighted by molar-refractivity contribution is -0.384. The Morgan fingerprint density at radius 1 is 1.15 bits per heavy atom. The molecule has 0 saturated heterocycles. The van der Waals surface area contributed by atoms with E-state index in [4.69, 9.17) is 9.15 Å². The average Bonchev–Trinajstić information content (AvgIpc) is 2.60. The molecule has 0 saturated carbocycles. The standard InChI is InChI=1S/C19H13NO6/c1-12-10-19(22)26-17-11-15(7-8-16(12)17)25-18(21)9-4-13-2-5-14(6-3-13)20(23)24/h2-11H,1H3/b9-4+. The van der Waals surface area contributed by atoms with Crippen LogP contribution >= 0.6 is 0 Å². The maximum absolute atomic E-state index is 11.9. The quantitative estimate of drug-likeness (QED) is 0.178. The molecule has 0 fully saturated rings. The fourth-order valence-corrected chi connectivity index (χ4v) is 2.39. The topological polar surface area (TPSA) is 99.7 Å². The fraction of sp³-hybridized carbons (Fsp3) is 0.0526. The number of nitrogens with zero attached hydrogens (tertiary/aromatic N) is 1. The summed E-state index contributed by atoms with van der Waals surface area (Å²) in [5.74, 6) is -0.387. The fourth-order valence-electron chi connectivity index (χ4n) is 2.39. The molecule has 26 heavy (non-hydrogen) atoms. The highest BCUT2D eigenvalue weighted by molar-refractivity contribution is 5.89. The highest BCUT2D eigenvalue weighted by atomic mass is 16.6. The Morgan fingerprint density at radius 3 is 2.58 bits per heavy atom. The van der Waals surface area contributed by atoms with Crippen molar-refractivity contribution in [3.05, 3.63) is 86.3 Å². The molecule has 3 rings (SSSR count). The van der Waals surface area contributed by atoms with Crippen LogP contribution in [-0.4, -0.2) is 10.9 Å². The number of benzene rings is 2. The van der Waals surface area contributed by atoms with Crippen LogP contribution in [-0.2, 0) is 4.79 Å². The predicted octanol–water partition coefficient (Wildman–Crippen LogP) is 3.63. The lowest BCUT2D eigenvalue weighted by atomic mass is 10.1. The number of non-ortho nitro benzene ring substituents is 1. The number of aryl methyl sites for hydroxylation is 1. The Bertz CT molecular complexity index is 1080. The molecule has 7 heteroatoms. The first kappa shape index (κ1) is 17.1. The van der Waals surface area contributed by atoms with Gasteiger partial charge < -0.3 is 9.15 Å². The average molecular weight is 351 g/mol. The molecule has 0 spiro atoms. The van der Waals surface area contributed by atoms with E-state index in [2.05, 4.69) is 0 Å². The molecule has 130 valence electrons. The van der Waals surface area contributed by atoms with Crippen molar-refractivity contribution in [3.63, 3.8) is 0 Å². The second-order valence-electron chi connectivity index (χ2n) is 5.51. The Kier molecular flexibility index (Phi) is 4.62. The highest BCUT2D eigenvalue weighted by Crippen LogP contribution is 2.22. The summed E-state index contributed by atoms with van der Waals surface area (Å²) in [5.41, 5.74) is 1.22. The third kappa shape index (κ3) is 3.84. The van der Waals surface area contributed by atoms with Gasteiger partial charge in [0.1, 0.15) is 11.3 Å². The molecule has 1 heterocycles. The van der Waals surface area contributed by atoms with E-state index in [-0.39, 0.29) is 11.4 Å². The molecule has 0 aliphatic heterocycles. The number of nitro groups is 1. The first-order valence-electron chi connectivity index (χ1n) is 7.61. The second kappa shape index (κ2) is 7.02. The van der Waals surface area contributed by atoms with Gasteiger partial charge in [0.2, 0.25) is 0 Å². The van der Waals surface area contributed by atoms with Gasteiger partial charge in [-0.3, -0.25) is 10.1 Å². The summed E-state index contributed by atoms with van der Waals surface area (Å²) < 4.78 is 10.3. The van der Waals surface area contributed by atoms with Crippen LogP contribution < -0.4 is 10.4 Å². The van der Waals surface area contributed by atoms with Gasteiger partial charge in [0.15, 0.2) is 0 Å². The lowest BCUT2D eigenvalue weighted by Gasteiger charge is -2.04. The van der Waals surface area contributed by atoms with Crippen molar-refractivity contribution in [1.29, 1.82) is 0 Å². The van der Waals surface area contributed by atoms with Crippen molar-refractivity contribution >= 4 is 28.7 Å². The summed E-state index contributed by atoms with van der Waals surface area (Å²) in [6, 6.07) is 11.9. The van der Waals surface area contributed by atoms with E-state index in [1.807, 2.05) is 0 Å². The van der Waals surface area contributed by atoms with Crippen LogP contribution in [0.25, 0.3) is 17.0 Å². The van der Waals surface area contributed by atoms with Gasteiger partial charge in [-0.15, -0.1) is 0 Å². The summed E-state index contributed by atoms with van der Waals surface area (Å²) in [7, 11) is 0. The smallest absolute Gasteiger partial charge is 0.336 e. The molecule has 2 aromatic carbocycles. The molecule has 0 bridgehead atoms. The minimum atomic E-state index is -0.627. The van der Waals surface area contributed by atoms with Crippen LogP contribution in [0.4, 0.5) is 5.69 Å². The van der Waals surface area contributed by atoms with Gasteiger partial charge in [-0.05, 0) is 48.4 Å². The Morgan fingerprint density at radius 2 is 1.88 bits per heavy atom. The normalized spacial score (nSPS) is 11.0. The lowest BCUT2D eigenvalue weighted by Crippen LogP contribution is -2.04. The van der Waals surface area contributed by atoms with Gasteiger partial charge >= 0.3 is 11.6 Å². The summed E-state index contributed by atoms with van der Waals surface area (Å²) in [4.78, 5) is 33.5. The van der Waals surface area contributed by atoms with Gasteiger partial charge in [0, 0.05) is 35.7 Å². The van der Waals surface area contributed by atoms with Crippen molar-refractivity contribution in [2.45, 2.75) is 6.92 Å². The van der Waals surface area contributed by atoms with E-state index in [1.54, 1.807) is 19.1 Å². The highest BCUT2D eigenvalue weighted by Gasteiger charge is 2.07. The molecular weight excluding hydrogens is 338 g/mol. The van der Waals surface area contributed by atoms with E-state index < -0.39 is 16.5 Å². The van der Waals surface area contributed by atoms with Crippen molar-refractivity contribution in [2.75, 3.05) is 0 Å². The zero-order valence-electron chi connectivity index (χ0n) is 13.7. The summed E-state index contributed by atoms with van der Waals surface area (Å²) in [5, 5.41) is 11.4. The van der Waals surface area contributed by atoms with Gasteiger partial charge in [0.25, 0.3) is 5.69 Å². The number of carbonyl (C=O) groups is 1. The van der Waals surface area contributed by atoms with Crippen LogP contribution in [0.1, 0.15) is 11.1 Å². The van der Waals surface area contributed by atoms with Gasteiger partial charge in [-0.1, -0.05) is 0 Å². The van der Waals surface area contributed by atoms with Crippen molar-refractivity contribution in [2.24, 2.45) is 0 Å². The molecule has 1 aromatic heterocycles. The van der Waals surface area contributed by atoms with E-state index in [1.165, 1.54) is 48.6 Å². The van der Waals surface area contributed by atoms with E-state index in [0.29, 0.717) is 11.1 Å². The molecule has 0 unspecified atom stereocenters. The summed E-state index contributed by atoms with van der Waals surface area (Å²) in [6.07, 6.45) is 2.69. The molecule has 7 nitrogen and oxygen atoms in total. The summed E-state index contributed by atoms with van der Waals surface area (Å²) in [6.45, 7) is 1.79. The van der Waals surface area contributed by atoms with Crippen molar-refractivity contribution < 1.29 is 18.9 Å². The van der Waals surface area contributed by atoms with Crippen molar-refractivity contribution in [3.8, 4) is 5.75 Å². The number of rotatable bonds is 4. The Hall–Kier alpha value is -3.74. The third-order valence-electron chi connectivity index (χ3n) is 3.66. The molecule has 0 radical (unpaired) electrons. The Balaban J connectivity index is 1.74. The third-order valence-corrected chi connectivity index (χ3v) is 3.66. The van der Waals surface area contributed by atoms with Crippen LogP contribution in [0.2, 0.25) is 0 Å². The first-order chi connectivity index (χ1) is 12.4. The largest absolute Gasteiger partial charge is 0.423 e. The van der Waals surface area contributed by atoms with Crippen LogP contribution in [0.5, 0.6) is 5.75 Å². The van der Waals surface area contributed by atoms with E-state index >= 15 is 0 Å². The molecule has 0 aliphatic carbocycles. The zero-order valence-corrected chi connectivity index (χ0v) is 13.7. The van der Waals surface area contributed by atoms with Gasteiger partial charge in [0.05, 0.1) is 4.92 Å². The maximum Gasteiger partial charge on any atom is 0.336 e. The SMILES string of the molecule is Cc1cc(=O)oc2cc(OC(=O)/C=C/c3ccc([N+](=O)[O-])cc3)ccc12. The minimum Gasteiger partial charge on any atom is -0.423 e. The molecule has 3 aromatic rings. The number of esters is 1. The predicted molar refractivity (Wildman–Crippen MR) is 95.0 cm³/mol.